The highest BCUT2D eigenvalue weighted by molar-refractivity contribution is 5.95. The molecule has 0 amide bonds. The van der Waals surface area contributed by atoms with Crippen molar-refractivity contribution in [2.45, 2.75) is 38.1 Å². The number of nitrogens with zero attached hydrogens (tertiary/aromatic N) is 1. The van der Waals surface area contributed by atoms with Crippen LogP contribution in [-0.2, 0) is 4.74 Å². The minimum Gasteiger partial charge on any atom is -0.465 e. The number of ether oxygens (including phenoxy) is 1. The van der Waals surface area contributed by atoms with Crippen LogP contribution in [0.3, 0.4) is 0 Å². The van der Waals surface area contributed by atoms with Gasteiger partial charge in [-0.3, -0.25) is 0 Å². The molecule has 0 unspecified atom stereocenters. The number of para-hydroxylation sites is 1. The average Bonchev–Trinajstić information content (AvgIpc) is 2.46. The van der Waals surface area contributed by atoms with Crippen LogP contribution in [0, 0.1) is 0 Å². The zero-order chi connectivity index (χ0) is 13.0. The number of carbonyl (C=O) groups is 1. The first-order valence-electron chi connectivity index (χ1n) is 6.64. The van der Waals surface area contributed by atoms with Crippen molar-refractivity contribution in [3.8, 4) is 0 Å². The van der Waals surface area contributed by atoms with Crippen molar-refractivity contribution in [2.75, 3.05) is 19.1 Å². The summed E-state index contributed by atoms with van der Waals surface area (Å²) in [6.45, 7) is 0. The van der Waals surface area contributed by atoms with Crippen LogP contribution in [-0.4, -0.2) is 26.2 Å². The van der Waals surface area contributed by atoms with Crippen LogP contribution in [0.5, 0.6) is 0 Å². The van der Waals surface area contributed by atoms with E-state index in [0.29, 0.717) is 11.6 Å². The summed E-state index contributed by atoms with van der Waals surface area (Å²) < 4.78 is 4.85. The summed E-state index contributed by atoms with van der Waals surface area (Å²) in [6, 6.07) is 8.23. The van der Waals surface area contributed by atoms with E-state index in [9.17, 15) is 4.79 Å². The van der Waals surface area contributed by atoms with E-state index in [-0.39, 0.29) is 5.97 Å². The summed E-state index contributed by atoms with van der Waals surface area (Å²) in [6.07, 6.45) is 6.34. The third kappa shape index (κ3) is 2.66. The molecule has 0 aliphatic heterocycles. The van der Waals surface area contributed by atoms with Gasteiger partial charge in [0.05, 0.1) is 18.4 Å². The molecule has 1 aliphatic carbocycles. The fourth-order valence-corrected chi connectivity index (χ4v) is 2.73. The first kappa shape index (κ1) is 12.9. The van der Waals surface area contributed by atoms with Crippen LogP contribution in [0.1, 0.15) is 42.5 Å². The summed E-state index contributed by atoms with van der Waals surface area (Å²) in [5.41, 5.74) is 1.64. The number of benzene rings is 1. The second-order valence-corrected chi connectivity index (χ2v) is 4.91. The molecule has 3 nitrogen and oxygen atoms in total. The maximum atomic E-state index is 11.8. The van der Waals surface area contributed by atoms with Gasteiger partial charge in [0.25, 0.3) is 0 Å². The largest absolute Gasteiger partial charge is 0.465 e. The van der Waals surface area contributed by atoms with E-state index in [1.807, 2.05) is 24.3 Å². The Kier molecular flexibility index (Phi) is 4.24. The molecule has 1 fully saturated rings. The Morgan fingerprint density at radius 2 is 1.89 bits per heavy atom. The number of methoxy groups -OCH3 is 1. The quantitative estimate of drug-likeness (QED) is 0.768. The van der Waals surface area contributed by atoms with Gasteiger partial charge in [-0.2, -0.15) is 0 Å². The lowest BCUT2D eigenvalue weighted by molar-refractivity contribution is 0.0601. The number of rotatable bonds is 3. The third-order valence-electron chi connectivity index (χ3n) is 3.81. The predicted octanol–water partition coefficient (Wildman–Crippen LogP) is 3.24. The Morgan fingerprint density at radius 3 is 2.56 bits per heavy atom. The van der Waals surface area contributed by atoms with E-state index < -0.39 is 0 Å². The Labute approximate surface area is 109 Å². The van der Waals surface area contributed by atoms with Crippen molar-refractivity contribution in [3.63, 3.8) is 0 Å². The Hall–Kier alpha value is -1.51. The van der Waals surface area contributed by atoms with Gasteiger partial charge in [0.2, 0.25) is 0 Å². The van der Waals surface area contributed by atoms with Crippen LogP contribution in [0.15, 0.2) is 24.3 Å². The Bertz CT molecular complexity index is 411. The van der Waals surface area contributed by atoms with Crippen molar-refractivity contribution in [1.29, 1.82) is 0 Å². The maximum Gasteiger partial charge on any atom is 0.339 e. The minimum absolute atomic E-state index is 0.256. The van der Waals surface area contributed by atoms with Crippen molar-refractivity contribution < 1.29 is 9.53 Å². The molecule has 0 atom stereocenters. The summed E-state index contributed by atoms with van der Waals surface area (Å²) in [7, 11) is 3.51. The molecule has 1 aromatic rings. The molecular weight excluding hydrogens is 226 g/mol. The van der Waals surface area contributed by atoms with Crippen molar-refractivity contribution in [3.05, 3.63) is 29.8 Å². The summed E-state index contributed by atoms with van der Waals surface area (Å²) in [5.74, 6) is -0.256. The van der Waals surface area contributed by atoms with E-state index in [2.05, 4.69) is 11.9 Å². The smallest absolute Gasteiger partial charge is 0.339 e. The Balaban J connectivity index is 2.23. The van der Waals surface area contributed by atoms with Crippen molar-refractivity contribution in [1.82, 2.24) is 0 Å². The molecular formula is C15H21NO2. The molecule has 3 heteroatoms. The molecule has 1 saturated carbocycles. The fraction of sp³-hybridized carbons (Fsp3) is 0.533. The van der Waals surface area contributed by atoms with Gasteiger partial charge in [0.15, 0.2) is 0 Å². The molecule has 0 radical (unpaired) electrons. The first-order chi connectivity index (χ1) is 8.74. The third-order valence-corrected chi connectivity index (χ3v) is 3.81. The van der Waals surface area contributed by atoms with Gasteiger partial charge in [0, 0.05) is 13.1 Å². The summed E-state index contributed by atoms with van der Waals surface area (Å²) in [4.78, 5) is 14.0. The number of carbonyl (C=O) groups excluding carboxylic acids is 1. The number of hydrogen-bond acceptors (Lipinski definition) is 3. The molecule has 0 aromatic heterocycles. The zero-order valence-corrected chi connectivity index (χ0v) is 11.2. The molecule has 0 N–H and O–H groups in total. The van der Waals surface area contributed by atoms with E-state index in [0.717, 1.165) is 5.69 Å². The van der Waals surface area contributed by atoms with Gasteiger partial charge in [-0.05, 0) is 25.0 Å². The van der Waals surface area contributed by atoms with Gasteiger partial charge in [-0.25, -0.2) is 4.79 Å². The normalized spacial score (nSPS) is 16.3. The minimum atomic E-state index is -0.256. The maximum absolute atomic E-state index is 11.8. The lowest BCUT2D eigenvalue weighted by atomic mass is 9.94. The molecule has 0 bridgehead atoms. The fourth-order valence-electron chi connectivity index (χ4n) is 2.73. The van der Waals surface area contributed by atoms with Gasteiger partial charge >= 0.3 is 5.97 Å². The SMILES string of the molecule is COC(=O)c1ccccc1N(C)C1CCCCC1. The molecule has 0 saturated heterocycles. The number of esters is 1. The summed E-state index contributed by atoms with van der Waals surface area (Å²) >= 11 is 0. The van der Waals surface area contributed by atoms with E-state index in [1.165, 1.54) is 39.2 Å². The highest BCUT2D eigenvalue weighted by Gasteiger charge is 2.22. The van der Waals surface area contributed by atoms with E-state index in [4.69, 9.17) is 4.74 Å². The number of hydrogen-bond donors (Lipinski definition) is 0. The van der Waals surface area contributed by atoms with Crippen LogP contribution in [0.25, 0.3) is 0 Å². The average molecular weight is 247 g/mol. The van der Waals surface area contributed by atoms with Gasteiger partial charge in [0.1, 0.15) is 0 Å². The highest BCUT2D eigenvalue weighted by atomic mass is 16.5. The molecule has 0 spiro atoms. The first-order valence-corrected chi connectivity index (χ1v) is 6.64. The highest BCUT2D eigenvalue weighted by Crippen LogP contribution is 2.28. The molecule has 18 heavy (non-hydrogen) atoms. The van der Waals surface area contributed by atoms with Gasteiger partial charge < -0.3 is 9.64 Å². The topological polar surface area (TPSA) is 29.5 Å². The molecule has 0 heterocycles. The summed E-state index contributed by atoms with van der Waals surface area (Å²) in [5, 5.41) is 0. The van der Waals surface area contributed by atoms with Gasteiger partial charge in [-0.1, -0.05) is 31.4 Å². The lowest BCUT2D eigenvalue weighted by Crippen LogP contribution is -2.34. The van der Waals surface area contributed by atoms with Crippen LogP contribution >= 0.6 is 0 Å². The van der Waals surface area contributed by atoms with Crippen LogP contribution in [0.2, 0.25) is 0 Å². The lowest BCUT2D eigenvalue weighted by Gasteiger charge is -2.33. The molecule has 1 aromatic carbocycles. The molecule has 2 rings (SSSR count). The number of anilines is 1. The zero-order valence-electron chi connectivity index (χ0n) is 11.2. The molecule has 98 valence electrons. The van der Waals surface area contributed by atoms with Gasteiger partial charge in [-0.15, -0.1) is 0 Å². The molecule has 1 aliphatic rings. The van der Waals surface area contributed by atoms with Crippen molar-refractivity contribution in [2.24, 2.45) is 0 Å². The predicted molar refractivity (Wildman–Crippen MR) is 73.1 cm³/mol. The standard InChI is InChI=1S/C15H21NO2/c1-16(12-8-4-3-5-9-12)14-11-7-6-10-13(14)15(17)18-2/h6-7,10-12H,3-5,8-9H2,1-2H3. The van der Waals surface area contributed by atoms with E-state index in [1.54, 1.807) is 0 Å². The second kappa shape index (κ2) is 5.89. The van der Waals surface area contributed by atoms with Crippen LogP contribution in [0.4, 0.5) is 5.69 Å². The monoisotopic (exact) mass is 247 g/mol. The van der Waals surface area contributed by atoms with E-state index >= 15 is 0 Å². The Morgan fingerprint density at radius 1 is 1.22 bits per heavy atom. The second-order valence-electron chi connectivity index (χ2n) is 4.91. The van der Waals surface area contributed by atoms with Crippen LogP contribution < -0.4 is 4.90 Å². The van der Waals surface area contributed by atoms with Crippen molar-refractivity contribution >= 4 is 11.7 Å².